The van der Waals surface area contributed by atoms with Gasteiger partial charge in [-0.05, 0) is 39.7 Å². The molecule has 4 aromatic rings. The van der Waals surface area contributed by atoms with Crippen molar-refractivity contribution in [1.82, 2.24) is 15.4 Å². The number of carboxylic acids is 1. The Labute approximate surface area is 213 Å². The lowest BCUT2D eigenvalue weighted by Gasteiger charge is -2.06. The summed E-state index contributed by atoms with van der Waals surface area (Å²) in [5, 5.41) is 15.5. The van der Waals surface area contributed by atoms with E-state index in [1.54, 1.807) is 28.4 Å². The molecule has 2 N–H and O–H groups in total. The Morgan fingerprint density at radius 3 is 2.55 bits per heavy atom. The molecule has 1 amide bonds. The van der Waals surface area contributed by atoms with Gasteiger partial charge in [0, 0.05) is 12.0 Å². The molecular weight excluding hydrogens is 542 g/mol. The number of thiophene rings is 1. The van der Waals surface area contributed by atoms with Crippen LogP contribution in [0.25, 0.3) is 27.9 Å². The van der Waals surface area contributed by atoms with Crippen LogP contribution in [0.1, 0.15) is 15.2 Å². The van der Waals surface area contributed by atoms with E-state index in [-0.39, 0.29) is 4.88 Å². The van der Waals surface area contributed by atoms with Crippen LogP contribution >= 0.6 is 11.3 Å². The van der Waals surface area contributed by atoms with Crippen molar-refractivity contribution in [2.75, 3.05) is 13.2 Å². The maximum atomic E-state index is 12.3. The van der Waals surface area contributed by atoms with E-state index in [1.165, 1.54) is 5.56 Å². The molecule has 1 aliphatic rings. The number of benzene rings is 1. The van der Waals surface area contributed by atoms with Crippen molar-refractivity contribution >= 4 is 28.9 Å². The van der Waals surface area contributed by atoms with Crippen molar-refractivity contribution in [3.63, 3.8) is 0 Å². The fraction of sp³-hybridized carbons (Fsp3) is 0.217. The average Bonchev–Trinajstić information content (AvgIpc) is 3.60. The first-order valence-corrected chi connectivity index (χ1v) is 11.6. The zero-order chi connectivity index (χ0) is 27.7. The van der Waals surface area contributed by atoms with E-state index in [9.17, 15) is 31.1 Å². The molecule has 0 saturated carbocycles. The summed E-state index contributed by atoms with van der Waals surface area (Å²) in [6.07, 6.45) is -3.31. The first-order chi connectivity index (χ1) is 17.8. The number of rotatable bonds is 4. The highest BCUT2D eigenvalue weighted by Crippen LogP contribution is 2.31. The highest BCUT2D eigenvalue weighted by atomic mass is 32.1. The number of nitrogens with zero attached hydrogens (tertiary/aromatic N) is 2. The molecule has 0 unspecified atom stereocenters. The van der Waals surface area contributed by atoms with E-state index in [2.05, 4.69) is 16.1 Å². The summed E-state index contributed by atoms with van der Waals surface area (Å²) in [7, 11) is 0. The minimum Gasteiger partial charge on any atom is -0.542 e. The van der Waals surface area contributed by atoms with Gasteiger partial charge in [0.05, 0.1) is 28.8 Å². The minimum absolute atomic E-state index is 0.204. The first kappa shape index (κ1) is 26.9. The highest BCUT2D eigenvalue weighted by Gasteiger charge is 2.29. The Kier molecular flexibility index (Phi) is 7.31. The number of aromatic nitrogens is 3. The van der Waals surface area contributed by atoms with E-state index >= 15 is 0 Å². The molecular formula is C23H16F6N4O4S. The fourth-order valence-corrected chi connectivity index (χ4v) is 4.34. The Morgan fingerprint density at radius 2 is 1.87 bits per heavy atom. The molecule has 15 heteroatoms. The second-order valence-corrected chi connectivity index (χ2v) is 8.84. The smallest absolute Gasteiger partial charge is 0.430 e. The van der Waals surface area contributed by atoms with Crippen molar-refractivity contribution < 1.29 is 50.3 Å². The van der Waals surface area contributed by atoms with Crippen LogP contribution in [0, 0.1) is 0 Å². The van der Waals surface area contributed by atoms with Crippen molar-refractivity contribution in [2.24, 2.45) is 0 Å². The molecule has 3 aromatic heterocycles. The highest BCUT2D eigenvalue weighted by molar-refractivity contribution is 7.12. The summed E-state index contributed by atoms with van der Waals surface area (Å²) in [5.41, 5.74) is 5.23. The SMILES string of the molecule is O=C(NCC(F)(F)F)c1cc(-c2c[nH][n+]3cc(-c4ccc5c(c4)CCO5)cnc23)cs1.O=C([O-])C(F)(F)F. The van der Waals surface area contributed by atoms with E-state index in [0.29, 0.717) is 17.8 Å². The van der Waals surface area contributed by atoms with Gasteiger partial charge in [-0.3, -0.25) is 4.79 Å². The molecule has 0 atom stereocenters. The van der Waals surface area contributed by atoms with Gasteiger partial charge in [0.2, 0.25) is 0 Å². The van der Waals surface area contributed by atoms with Gasteiger partial charge in [-0.25, -0.2) is 5.10 Å². The molecule has 0 aliphatic carbocycles. The Morgan fingerprint density at radius 1 is 1.13 bits per heavy atom. The number of hydrogen-bond donors (Lipinski definition) is 2. The number of aliphatic carboxylic acids is 1. The van der Waals surface area contributed by atoms with Crippen LogP contribution in [0.15, 0.2) is 48.2 Å². The topological polar surface area (TPSA) is 111 Å². The number of carboxylic acid groups (broad SMARTS) is 1. The number of fused-ring (bicyclic) bond motifs is 2. The molecule has 38 heavy (non-hydrogen) atoms. The van der Waals surface area contributed by atoms with E-state index < -0.39 is 30.8 Å². The van der Waals surface area contributed by atoms with Gasteiger partial charge in [0.1, 0.15) is 24.5 Å². The van der Waals surface area contributed by atoms with Crippen LogP contribution in [-0.4, -0.2) is 47.5 Å². The van der Waals surface area contributed by atoms with Crippen molar-refractivity contribution in [2.45, 2.75) is 18.8 Å². The van der Waals surface area contributed by atoms with Crippen molar-refractivity contribution in [3.05, 3.63) is 58.7 Å². The molecule has 5 rings (SSSR count). The summed E-state index contributed by atoms with van der Waals surface area (Å²) in [4.78, 5) is 25.5. The number of halogens is 6. The second kappa shape index (κ2) is 10.3. The predicted octanol–water partition coefficient (Wildman–Crippen LogP) is 3.07. The largest absolute Gasteiger partial charge is 0.542 e. The number of alkyl halides is 6. The summed E-state index contributed by atoms with van der Waals surface area (Å²) < 4.78 is 75.8. The van der Waals surface area contributed by atoms with Gasteiger partial charge < -0.3 is 20.0 Å². The molecule has 0 bridgehead atoms. The number of nitrogens with one attached hydrogen (secondary N) is 2. The van der Waals surface area contributed by atoms with E-state index in [1.807, 2.05) is 23.6 Å². The van der Waals surface area contributed by atoms with E-state index in [4.69, 9.17) is 14.6 Å². The Bertz CT molecular complexity index is 1500. The summed E-state index contributed by atoms with van der Waals surface area (Å²) in [5.74, 6) is -2.84. The second-order valence-electron chi connectivity index (χ2n) is 7.93. The summed E-state index contributed by atoms with van der Waals surface area (Å²) in [6, 6.07) is 7.61. The average molecular weight is 558 g/mol. The number of carbonyl (C=O) groups is 2. The van der Waals surface area contributed by atoms with Crippen LogP contribution in [0.5, 0.6) is 5.75 Å². The molecule has 0 spiro atoms. The van der Waals surface area contributed by atoms with Crippen LogP contribution < -0.4 is 19.7 Å². The van der Waals surface area contributed by atoms with Crippen molar-refractivity contribution in [1.29, 1.82) is 0 Å². The minimum atomic E-state index is -5.19. The molecule has 0 saturated heterocycles. The lowest BCUT2D eigenvalue weighted by atomic mass is 10.0. The van der Waals surface area contributed by atoms with E-state index in [0.717, 1.165) is 40.2 Å². The first-order valence-electron chi connectivity index (χ1n) is 10.7. The monoisotopic (exact) mass is 558 g/mol. The van der Waals surface area contributed by atoms with Gasteiger partial charge in [0.15, 0.2) is 6.20 Å². The number of aromatic amines is 1. The summed E-state index contributed by atoms with van der Waals surface area (Å²) >= 11 is 1.08. The molecule has 0 radical (unpaired) electrons. The molecule has 1 aliphatic heterocycles. The van der Waals surface area contributed by atoms with Crippen LogP contribution in [0.3, 0.4) is 0 Å². The third-order valence-corrected chi connectivity index (χ3v) is 6.18. The van der Waals surface area contributed by atoms with Gasteiger partial charge in [-0.2, -0.15) is 26.3 Å². The molecule has 0 fully saturated rings. The number of amides is 1. The molecule has 8 nitrogen and oxygen atoms in total. The number of ether oxygens (including phenoxy) is 1. The van der Waals surface area contributed by atoms with Crippen LogP contribution in [-0.2, 0) is 11.2 Å². The van der Waals surface area contributed by atoms with Crippen LogP contribution in [0.4, 0.5) is 26.3 Å². The lowest BCUT2D eigenvalue weighted by molar-refractivity contribution is -0.578. The van der Waals surface area contributed by atoms with Crippen LogP contribution in [0.2, 0.25) is 0 Å². The maximum Gasteiger partial charge on any atom is 0.430 e. The predicted molar refractivity (Wildman–Crippen MR) is 119 cm³/mol. The number of H-pyrrole nitrogens is 1. The third kappa shape index (κ3) is 6.22. The van der Waals surface area contributed by atoms with Crippen molar-refractivity contribution in [3.8, 4) is 28.0 Å². The number of hydrogen-bond acceptors (Lipinski definition) is 6. The zero-order valence-corrected chi connectivity index (χ0v) is 19.8. The Balaban J connectivity index is 0.000000426. The molecule has 1 aromatic carbocycles. The van der Waals surface area contributed by atoms with Gasteiger partial charge in [-0.15, -0.1) is 15.9 Å². The van der Waals surface area contributed by atoms with Gasteiger partial charge in [-0.1, -0.05) is 6.07 Å². The maximum absolute atomic E-state index is 12.3. The number of carbonyl (C=O) groups excluding carboxylic acids is 2. The third-order valence-electron chi connectivity index (χ3n) is 5.25. The van der Waals surface area contributed by atoms with Gasteiger partial charge >= 0.3 is 18.0 Å². The molecule has 200 valence electrons. The fourth-order valence-electron chi connectivity index (χ4n) is 3.51. The normalized spacial score (nSPS) is 12.9. The van der Waals surface area contributed by atoms with Gasteiger partial charge in [0.25, 0.3) is 5.91 Å². The quantitative estimate of drug-likeness (QED) is 0.296. The lowest BCUT2D eigenvalue weighted by Crippen LogP contribution is -2.37. The standard InChI is InChI=1S/C21H15F3N4O2S.C2HF3O2/c22-21(23,24)11-26-20(29)18-6-14(10-31-18)16-8-27-28-9-15(7-25-19(16)28)12-1-2-17-13(5-12)3-4-30-17;3-2(4,5)1(6)7/h1-2,5-10H,3-4,11H2,(H,26,29);(H,6,7). The Hall–Kier alpha value is -4.14. The summed E-state index contributed by atoms with van der Waals surface area (Å²) in [6.45, 7) is -0.664. The zero-order valence-electron chi connectivity index (χ0n) is 18.9. The molecule has 4 heterocycles.